The lowest BCUT2D eigenvalue weighted by atomic mass is 9.59. The summed E-state index contributed by atoms with van der Waals surface area (Å²) in [6.45, 7) is 10.1. The lowest BCUT2D eigenvalue weighted by molar-refractivity contribution is -0.144. The molecule has 2 unspecified atom stereocenters. The third-order valence-electron chi connectivity index (χ3n) is 5.25. The van der Waals surface area contributed by atoms with Gasteiger partial charge in [-0.05, 0) is 17.9 Å². The Kier molecular flexibility index (Phi) is 10.6. The summed E-state index contributed by atoms with van der Waals surface area (Å²) in [5.41, 5.74) is 6.57. The van der Waals surface area contributed by atoms with Gasteiger partial charge < -0.3 is 20.8 Å². The van der Waals surface area contributed by atoms with Gasteiger partial charge in [0.2, 0.25) is 6.61 Å². The number of nitrogens with two attached hydrogens (primary N) is 1. The van der Waals surface area contributed by atoms with Gasteiger partial charge in [0, 0.05) is 18.2 Å². The van der Waals surface area contributed by atoms with E-state index in [1.54, 1.807) is 11.5 Å². The van der Waals surface area contributed by atoms with Crippen molar-refractivity contribution in [2.24, 2.45) is 22.9 Å². The van der Waals surface area contributed by atoms with E-state index in [1.807, 2.05) is 20.8 Å². The van der Waals surface area contributed by atoms with E-state index in [0.717, 1.165) is 17.8 Å². The molecule has 1 aromatic rings. The molecule has 1 fully saturated rings. The predicted molar refractivity (Wildman–Crippen MR) is 124 cm³/mol. The number of hydrogen-bond donors (Lipinski definition) is 3. The second-order valence-corrected chi connectivity index (χ2v) is 8.17. The molecule has 4 N–H and O–H groups in total. The molecule has 11 heteroatoms. The van der Waals surface area contributed by atoms with Crippen molar-refractivity contribution < 1.29 is 34.2 Å². The SMILES string of the molecule is C=C/C(CC)=C(\C(=O)O)C1C(=O)[C@@H](C)C1CC.CC(=O)/C(=N\OCC(=O)O)c1csc(N)n1. The number of Topliss-reactive ketones (excluding diaryl/α,β-unsaturated/α-hetero) is 2. The summed E-state index contributed by atoms with van der Waals surface area (Å²) in [6, 6.07) is 0. The van der Waals surface area contributed by atoms with E-state index >= 15 is 0 Å². The van der Waals surface area contributed by atoms with Crippen molar-refractivity contribution in [2.75, 3.05) is 12.3 Å². The Morgan fingerprint density at radius 1 is 1.33 bits per heavy atom. The Morgan fingerprint density at radius 2 is 1.97 bits per heavy atom. The lowest BCUT2D eigenvalue weighted by Gasteiger charge is -2.41. The van der Waals surface area contributed by atoms with Crippen LogP contribution in [0.1, 0.15) is 46.2 Å². The van der Waals surface area contributed by atoms with E-state index in [9.17, 15) is 24.3 Å². The first-order valence-corrected chi connectivity index (χ1v) is 11.1. The molecule has 1 aliphatic rings. The fourth-order valence-corrected chi connectivity index (χ4v) is 4.12. The highest BCUT2D eigenvalue weighted by Crippen LogP contribution is 2.44. The summed E-state index contributed by atoms with van der Waals surface area (Å²) in [5, 5.41) is 22.9. The van der Waals surface area contributed by atoms with E-state index in [0.29, 0.717) is 17.1 Å². The van der Waals surface area contributed by atoms with Gasteiger partial charge >= 0.3 is 11.9 Å². The number of ketones is 2. The number of rotatable bonds is 10. The molecule has 1 heterocycles. The Hall–Kier alpha value is -3.34. The number of carbonyl (C=O) groups is 4. The standard InChI is InChI=1S/C14H20O3.C8H9N3O4S/c1-5-9(6-2)11(14(16)17)12-10(7-3)8(4)13(12)15;1-4(12)7(11-15-2-6(13)14)5-3-16-8(9)10-5/h5,8,10,12H,1,6-7H2,2-4H3,(H,16,17);3H,2H2,1H3,(H2,9,10)(H,13,14)/b11-9+;11-7+/t8-,10?,12?;/m0./s1. The minimum atomic E-state index is -1.18. The zero-order valence-electron chi connectivity index (χ0n) is 19.0. The number of aliphatic carboxylic acids is 2. The van der Waals surface area contributed by atoms with Crippen molar-refractivity contribution in [1.82, 2.24) is 4.98 Å². The van der Waals surface area contributed by atoms with Crippen molar-refractivity contribution in [3.05, 3.63) is 34.9 Å². The van der Waals surface area contributed by atoms with Gasteiger partial charge in [-0.1, -0.05) is 45.0 Å². The molecule has 3 atom stereocenters. The number of hydrogen-bond acceptors (Lipinski definition) is 9. The Labute approximate surface area is 195 Å². The predicted octanol–water partition coefficient (Wildman–Crippen LogP) is 2.94. The summed E-state index contributed by atoms with van der Waals surface area (Å²) in [7, 11) is 0. The number of nitrogen functional groups attached to an aromatic ring is 1. The zero-order valence-corrected chi connectivity index (χ0v) is 19.8. The first kappa shape index (κ1) is 27.7. The third-order valence-corrected chi connectivity index (χ3v) is 5.93. The van der Waals surface area contributed by atoms with E-state index in [1.165, 1.54) is 6.92 Å². The van der Waals surface area contributed by atoms with Crippen molar-refractivity contribution in [2.45, 2.75) is 40.5 Å². The normalized spacial score (nSPS) is 20.5. The van der Waals surface area contributed by atoms with E-state index in [4.69, 9.17) is 10.8 Å². The number of anilines is 1. The number of aromatic nitrogens is 1. The Balaban J connectivity index is 0.000000331. The number of carboxylic acid groups (broad SMARTS) is 2. The number of thiazole rings is 1. The third kappa shape index (κ3) is 7.07. The van der Waals surface area contributed by atoms with E-state index < -0.39 is 24.5 Å². The van der Waals surface area contributed by atoms with Crippen molar-refractivity contribution in [1.29, 1.82) is 0 Å². The van der Waals surface area contributed by atoms with Crippen LogP contribution < -0.4 is 5.73 Å². The second kappa shape index (κ2) is 12.6. The van der Waals surface area contributed by atoms with Crippen LogP contribution in [0, 0.1) is 17.8 Å². The molecule has 2 rings (SSSR count). The van der Waals surface area contributed by atoms with Crippen LogP contribution in [0.25, 0.3) is 0 Å². The molecule has 1 aromatic heterocycles. The smallest absolute Gasteiger partial charge is 0.344 e. The molecule has 0 aromatic carbocycles. The van der Waals surface area contributed by atoms with E-state index in [2.05, 4.69) is 21.6 Å². The van der Waals surface area contributed by atoms with Gasteiger partial charge in [0.1, 0.15) is 11.5 Å². The van der Waals surface area contributed by atoms with Crippen LogP contribution in [0.3, 0.4) is 0 Å². The van der Waals surface area contributed by atoms with Gasteiger partial charge in [-0.3, -0.25) is 9.59 Å². The van der Waals surface area contributed by atoms with Gasteiger partial charge in [0.25, 0.3) is 0 Å². The summed E-state index contributed by atoms with van der Waals surface area (Å²) < 4.78 is 0. The highest BCUT2D eigenvalue weighted by Gasteiger charge is 2.49. The van der Waals surface area contributed by atoms with Crippen LogP contribution in [0.5, 0.6) is 0 Å². The number of carbonyl (C=O) groups excluding carboxylic acids is 2. The molecule has 0 saturated heterocycles. The van der Waals surface area contributed by atoms with Crippen LogP contribution in [0.2, 0.25) is 0 Å². The molecular weight excluding hydrogens is 450 g/mol. The molecule has 0 aliphatic heterocycles. The zero-order chi connectivity index (χ0) is 25.3. The molecular formula is C22H29N3O7S. The maximum atomic E-state index is 11.9. The average Bonchev–Trinajstić information content (AvgIpc) is 3.18. The van der Waals surface area contributed by atoms with Gasteiger partial charge in [-0.25, -0.2) is 14.6 Å². The van der Waals surface area contributed by atoms with Gasteiger partial charge in [0.15, 0.2) is 16.6 Å². The molecule has 10 nitrogen and oxygen atoms in total. The molecule has 0 spiro atoms. The maximum absolute atomic E-state index is 11.9. The molecule has 180 valence electrons. The minimum Gasteiger partial charge on any atom is -0.479 e. The second-order valence-electron chi connectivity index (χ2n) is 7.28. The first-order valence-electron chi connectivity index (χ1n) is 10.3. The largest absolute Gasteiger partial charge is 0.479 e. The van der Waals surface area contributed by atoms with E-state index in [-0.39, 0.29) is 40.4 Å². The van der Waals surface area contributed by atoms with Gasteiger partial charge in [-0.15, -0.1) is 11.3 Å². The number of carboxylic acids is 2. The summed E-state index contributed by atoms with van der Waals surface area (Å²) >= 11 is 1.15. The quantitative estimate of drug-likeness (QED) is 0.198. The highest BCUT2D eigenvalue weighted by atomic mass is 32.1. The average molecular weight is 480 g/mol. The van der Waals surface area contributed by atoms with Crippen LogP contribution in [0.15, 0.2) is 34.3 Å². The molecule has 1 aliphatic carbocycles. The van der Waals surface area contributed by atoms with Gasteiger partial charge in [-0.2, -0.15) is 0 Å². The fourth-order valence-electron chi connectivity index (χ4n) is 3.58. The first-order chi connectivity index (χ1) is 15.5. The molecule has 33 heavy (non-hydrogen) atoms. The highest BCUT2D eigenvalue weighted by molar-refractivity contribution is 7.13. The molecule has 0 bridgehead atoms. The molecule has 1 saturated carbocycles. The van der Waals surface area contributed by atoms with Crippen molar-refractivity contribution >= 4 is 45.7 Å². The number of nitrogens with zero attached hydrogens (tertiary/aromatic N) is 2. The monoisotopic (exact) mass is 479 g/mol. The van der Waals surface area contributed by atoms with Crippen LogP contribution in [-0.4, -0.2) is 51.0 Å². The van der Waals surface area contributed by atoms with Crippen LogP contribution in [-0.2, 0) is 24.0 Å². The summed E-state index contributed by atoms with van der Waals surface area (Å²) in [4.78, 5) is 52.9. The fraction of sp³-hybridized carbons (Fsp3) is 0.455. The summed E-state index contributed by atoms with van der Waals surface area (Å²) in [6.07, 6.45) is 2.99. The topological polar surface area (TPSA) is 169 Å². The van der Waals surface area contributed by atoms with Crippen molar-refractivity contribution in [3.8, 4) is 0 Å². The number of allylic oxidation sites excluding steroid dienone is 2. The van der Waals surface area contributed by atoms with Gasteiger partial charge in [0.05, 0.1) is 11.5 Å². The van der Waals surface area contributed by atoms with Crippen molar-refractivity contribution in [3.63, 3.8) is 0 Å². The molecule has 0 radical (unpaired) electrons. The lowest BCUT2D eigenvalue weighted by Crippen LogP contribution is -2.48. The minimum absolute atomic E-state index is 0.0118. The Morgan fingerprint density at radius 3 is 2.36 bits per heavy atom. The molecule has 0 amide bonds. The summed E-state index contributed by atoms with van der Waals surface area (Å²) in [5.74, 6) is -2.76. The Bertz CT molecular complexity index is 980. The number of oxime groups is 1. The maximum Gasteiger partial charge on any atom is 0.344 e. The van der Waals surface area contributed by atoms with Crippen LogP contribution >= 0.6 is 11.3 Å². The van der Waals surface area contributed by atoms with Crippen LogP contribution in [0.4, 0.5) is 5.13 Å².